The lowest BCUT2D eigenvalue weighted by atomic mass is 9.95. The number of nitrogens with one attached hydrogen (secondary N) is 1. The summed E-state index contributed by atoms with van der Waals surface area (Å²) in [6.45, 7) is 4.05. The molecule has 2 amide bonds. The van der Waals surface area contributed by atoms with Crippen molar-refractivity contribution >= 4 is 11.8 Å². The number of carbonyl (C=O) groups excluding carboxylic acids is 2. The fraction of sp³-hybridized carbons (Fsp3) is 0.458. The van der Waals surface area contributed by atoms with E-state index >= 15 is 0 Å². The summed E-state index contributed by atoms with van der Waals surface area (Å²) in [5, 5.41) is 3.21. The third-order valence-electron chi connectivity index (χ3n) is 6.32. The van der Waals surface area contributed by atoms with Gasteiger partial charge in [-0.05, 0) is 56.5 Å². The van der Waals surface area contributed by atoms with Crippen LogP contribution in [0.5, 0.6) is 0 Å². The van der Waals surface area contributed by atoms with Crippen LogP contribution in [0.4, 0.5) is 0 Å². The molecule has 0 spiro atoms. The standard InChI is InChI=1S/C24H30N4O2/c29-23(20-10-16-28(17-11-20)24(30)21-8-12-25-13-9-21)26-18-22(27-14-4-5-15-27)19-6-2-1-3-7-19/h1-3,6-9,12-13,20,22H,4-5,10-11,14-18H2,(H,26,29)/t22-/m0/s1. The summed E-state index contributed by atoms with van der Waals surface area (Å²) >= 11 is 0. The predicted octanol–water partition coefficient (Wildman–Crippen LogP) is 2.89. The van der Waals surface area contributed by atoms with Gasteiger partial charge in [0.1, 0.15) is 0 Å². The average Bonchev–Trinajstić information content (AvgIpc) is 3.35. The Balaban J connectivity index is 1.30. The number of rotatable bonds is 6. The van der Waals surface area contributed by atoms with E-state index < -0.39 is 0 Å². The van der Waals surface area contributed by atoms with E-state index in [1.54, 1.807) is 24.5 Å². The van der Waals surface area contributed by atoms with Gasteiger partial charge in [0, 0.05) is 43.5 Å². The SMILES string of the molecule is O=C(NC[C@@H](c1ccccc1)N1CCCC1)C1CCN(C(=O)c2ccncc2)CC1. The molecule has 0 saturated carbocycles. The molecule has 2 aromatic rings. The van der Waals surface area contributed by atoms with Crippen molar-refractivity contribution in [2.45, 2.75) is 31.7 Å². The van der Waals surface area contributed by atoms with Gasteiger partial charge in [0.2, 0.25) is 5.91 Å². The van der Waals surface area contributed by atoms with Crippen LogP contribution in [0.15, 0.2) is 54.9 Å². The molecule has 4 rings (SSSR count). The van der Waals surface area contributed by atoms with Gasteiger partial charge in [0.05, 0.1) is 6.04 Å². The summed E-state index contributed by atoms with van der Waals surface area (Å²) in [5.74, 6) is 0.113. The molecule has 1 aromatic heterocycles. The summed E-state index contributed by atoms with van der Waals surface area (Å²) in [6.07, 6.45) is 7.14. The highest BCUT2D eigenvalue weighted by Gasteiger charge is 2.29. The summed E-state index contributed by atoms with van der Waals surface area (Å²) in [4.78, 5) is 33.7. The molecule has 2 saturated heterocycles. The molecule has 3 heterocycles. The van der Waals surface area contributed by atoms with Crippen LogP contribution in [0.2, 0.25) is 0 Å². The molecule has 0 aliphatic carbocycles. The first-order valence-electron chi connectivity index (χ1n) is 11.0. The molecular formula is C24H30N4O2. The summed E-state index contributed by atoms with van der Waals surface area (Å²) in [7, 11) is 0. The molecule has 30 heavy (non-hydrogen) atoms. The van der Waals surface area contributed by atoms with Gasteiger partial charge < -0.3 is 10.2 Å². The number of piperidine rings is 1. The second-order valence-corrected chi connectivity index (χ2v) is 8.22. The highest BCUT2D eigenvalue weighted by Crippen LogP contribution is 2.25. The number of likely N-dealkylation sites (tertiary alicyclic amines) is 2. The van der Waals surface area contributed by atoms with Crippen LogP contribution < -0.4 is 5.32 Å². The Bertz CT molecular complexity index is 829. The first-order chi connectivity index (χ1) is 14.7. The van der Waals surface area contributed by atoms with E-state index in [1.807, 2.05) is 11.0 Å². The number of benzene rings is 1. The zero-order valence-electron chi connectivity index (χ0n) is 17.4. The maximum absolute atomic E-state index is 12.9. The molecule has 1 aromatic carbocycles. The maximum Gasteiger partial charge on any atom is 0.253 e. The molecule has 2 fully saturated rings. The number of amides is 2. The Labute approximate surface area is 178 Å². The molecule has 1 N–H and O–H groups in total. The molecule has 2 aliphatic heterocycles. The molecule has 6 nitrogen and oxygen atoms in total. The molecular weight excluding hydrogens is 376 g/mol. The van der Waals surface area contributed by atoms with Crippen molar-refractivity contribution in [3.05, 3.63) is 66.0 Å². The molecule has 6 heteroatoms. The van der Waals surface area contributed by atoms with Gasteiger partial charge in [0.15, 0.2) is 0 Å². The normalized spacial score (nSPS) is 18.9. The van der Waals surface area contributed by atoms with E-state index in [1.165, 1.54) is 18.4 Å². The van der Waals surface area contributed by atoms with Crippen LogP contribution in [0.3, 0.4) is 0 Å². The Hall–Kier alpha value is -2.73. The van der Waals surface area contributed by atoms with Gasteiger partial charge in [-0.15, -0.1) is 0 Å². The number of hydrogen-bond acceptors (Lipinski definition) is 4. The highest BCUT2D eigenvalue weighted by molar-refractivity contribution is 5.94. The number of nitrogens with zero attached hydrogens (tertiary/aromatic N) is 3. The molecule has 158 valence electrons. The first kappa shape index (κ1) is 20.5. The fourth-order valence-electron chi connectivity index (χ4n) is 4.55. The van der Waals surface area contributed by atoms with Crippen molar-refractivity contribution in [1.29, 1.82) is 0 Å². The summed E-state index contributed by atoms with van der Waals surface area (Å²) in [6, 6.07) is 14.2. The zero-order valence-corrected chi connectivity index (χ0v) is 17.4. The Kier molecular flexibility index (Phi) is 6.74. The Morgan fingerprint density at radius 2 is 1.63 bits per heavy atom. The minimum absolute atomic E-state index is 0.0226. The third kappa shape index (κ3) is 4.87. The maximum atomic E-state index is 12.9. The predicted molar refractivity (Wildman–Crippen MR) is 116 cm³/mol. The third-order valence-corrected chi connectivity index (χ3v) is 6.32. The minimum atomic E-state index is -0.0264. The van der Waals surface area contributed by atoms with Crippen LogP contribution in [0, 0.1) is 5.92 Å². The second-order valence-electron chi connectivity index (χ2n) is 8.22. The smallest absolute Gasteiger partial charge is 0.253 e. The van der Waals surface area contributed by atoms with Gasteiger partial charge in [0.25, 0.3) is 5.91 Å². The summed E-state index contributed by atoms with van der Waals surface area (Å²) in [5.41, 5.74) is 1.92. The lowest BCUT2D eigenvalue weighted by molar-refractivity contribution is -0.126. The molecule has 0 unspecified atom stereocenters. The second kappa shape index (κ2) is 9.85. The van der Waals surface area contributed by atoms with Crippen molar-refractivity contribution in [2.75, 3.05) is 32.7 Å². The van der Waals surface area contributed by atoms with E-state index in [4.69, 9.17) is 0 Å². The van der Waals surface area contributed by atoms with E-state index in [9.17, 15) is 9.59 Å². The van der Waals surface area contributed by atoms with Crippen LogP contribution in [0.25, 0.3) is 0 Å². The van der Waals surface area contributed by atoms with Crippen LogP contribution >= 0.6 is 0 Å². The van der Waals surface area contributed by atoms with Gasteiger partial charge in [-0.1, -0.05) is 30.3 Å². The number of pyridine rings is 1. The van der Waals surface area contributed by atoms with Crippen LogP contribution in [-0.2, 0) is 4.79 Å². The minimum Gasteiger partial charge on any atom is -0.354 e. The van der Waals surface area contributed by atoms with Gasteiger partial charge in [-0.2, -0.15) is 0 Å². The lowest BCUT2D eigenvalue weighted by Gasteiger charge is -2.32. The van der Waals surface area contributed by atoms with Crippen molar-refractivity contribution in [2.24, 2.45) is 5.92 Å². The molecule has 2 aliphatic rings. The monoisotopic (exact) mass is 406 g/mol. The average molecular weight is 407 g/mol. The van der Waals surface area contributed by atoms with Crippen LogP contribution in [-0.4, -0.2) is 59.3 Å². The molecule has 0 bridgehead atoms. The Morgan fingerprint density at radius 3 is 2.30 bits per heavy atom. The van der Waals surface area contributed by atoms with E-state index in [0.717, 1.165) is 13.1 Å². The van der Waals surface area contributed by atoms with Crippen molar-refractivity contribution in [3.63, 3.8) is 0 Å². The van der Waals surface area contributed by atoms with Crippen LogP contribution in [0.1, 0.15) is 47.6 Å². The number of aromatic nitrogens is 1. The summed E-state index contributed by atoms with van der Waals surface area (Å²) < 4.78 is 0. The number of carbonyl (C=O) groups is 2. The largest absolute Gasteiger partial charge is 0.354 e. The van der Waals surface area contributed by atoms with E-state index in [0.29, 0.717) is 38.0 Å². The lowest BCUT2D eigenvalue weighted by Crippen LogP contribution is -2.44. The first-order valence-corrected chi connectivity index (χ1v) is 11.0. The van der Waals surface area contributed by atoms with Gasteiger partial charge in [-0.3, -0.25) is 19.5 Å². The highest BCUT2D eigenvalue weighted by atomic mass is 16.2. The molecule has 1 atom stereocenters. The van der Waals surface area contributed by atoms with Crippen molar-refractivity contribution in [3.8, 4) is 0 Å². The van der Waals surface area contributed by atoms with Crippen molar-refractivity contribution in [1.82, 2.24) is 20.1 Å². The quantitative estimate of drug-likeness (QED) is 0.801. The Morgan fingerprint density at radius 1 is 0.967 bits per heavy atom. The molecule has 0 radical (unpaired) electrons. The van der Waals surface area contributed by atoms with E-state index in [-0.39, 0.29) is 23.8 Å². The van der Waals surface area contributed by atoms with Gasteiger partial charge >= 0.3 is 0 Å². The van der Waals surface area contributed by atoms with Gasteiger partial charge in [-0.25, -0.2) is 0 Å². The van der Waals surface area contributed by atoms with Crippen molar-refractivity contribution < 1.29 is 9.59 Å². The number of hydrogen-bond donors (Lipinski definition) is 1. The van der Waals surface area contributed by atoms with E-state index in [2.05, 4.69) is 39.5 Å². The fourth-order valence-corrected chi connectivity index (χ4v) is 4.55. The topological polar surface area (TPSA) is 65.5 Å². The zero-order chi connectivity index (χ0) is 20.8.